The first-order valence-corrected chi connectivity index (χ1v) is 8.16. The van der Waals surface area contributed by atoms with Gasteiger partial charge in [0.1, 0.15) is 17.7 Å². The summed E-state index contributed by atoms with van der Waals surface area (Å²) < 4.78 is 11.3. The van der Waals surface area contributed by atoms with Crippen molar-refractivity contribution in [3.8, 4) is 5.88 Å². The number of nitrogens with zero attached hydrogens (tertiary/aromatic N) is 2. The van der Waals surface area contributed by atoms with Gasteiger partial charge >= 0.3 is 6.09 Å². The van der Waals surface area contributed by atoms with Crippen molar-refractivity contribution in [3.63, 3.8) is 0 Å². The van der Waals surface area contributed by atoms with Crippen molar-refractivity contribution in [2.24, 2.45) is 5.73 Å². The summed E-state index contributed by atoms with van der Waals surface area (Å²) in [6.07, 6.45) is 2.62. The molecule has 0 spiro atoms. The summed E-state index contributed by atoms with van der Waals surface area (Å²) in [6.45, 7) is 11.2. The number of aryl methyl sites for hydroxylation is 1. The van der Waals surface area contributed by atoms with Crippen molar-refractivity contribution in [3.05, 3.63) is 30.0 Å². The molecule has 0 aromatic carbocycles. The standard InChI is InChI=1S/C18H25N3O4/c1-6-13-11(2)7-8-20-16(13)24-12-9-14(15(19)22)21(10-12)17(23)25-18(3,4)5/h6-8,12,14H,1,9-10H2,2-5H3,(H2,19,22)/t12-,14?/m1/s1. The van der Waals surface area contributed by atoms with E-state index in [4.69, 9.17) is 15.2 Å². The van der Waals surface area contributed by atoms with Crippen molar-refractivity contribution in [2.45, 2.75) is 51.9 Å². The Morgan fingerprint density at radius 1 is 1.44 bits per heavy atom. The maximum atomic E-state index is 12.4. The number of ether oxygens (including phenoxy) is 2. The second kappa shape index (κ2) is 7.13. The number of hydrogen-bond donors (Lipinski definition) is 1. The Bertz CT molecular complexity index is 681. The molecule has 2 amide bonds. The highest BCUT2D eigenvalue weighted by Crippen LogP contribution is 2.27. The second-order valence-electron chi connectivity index (χ2n) is 7.08. The maximum absolute atomic E-state index is 12.4. The third kappa shape index (κ3) is 4.49. The molecule has 1 fully saturated rings. The second-order valence-corrected chi connectivity index (χ2v) is 7.08. The van der Waals surface area contributed by atoms with Gasteiger partial charge in [0.15, 0.2) is 0 Å². The summed E-state index contributed by atoms with van der Waals surface area (Å²) in [5.74, 6) is -0.160. The van der Waals surface area contributed by atoms with E-state index in [9.17, 15) is 9.59 Å². The summed E-state index contributed by atoms with van der Waals surface area (Å²) in [4.78, 5) is 29.7. The topological polar surface area (TPSA) is 94.8 Å². The molecule has 2 rings (SSSR count). The van der Waals surface area contributed by atoms with Gasteiger partial charge in [0.2, 0.25) is 11.8 Å². The first-order valence-electron chi connectivity index (χ1n) is 8.16. The molecule has 1 aliphatic rings. The van der Waals surface area contributed by atoms with Crippen molar-refractivity contribution in [1.29, 1.82) is 0 Å². The van der Waals surface area contributed by atoms with E-state index in [-0.39, 0.29) is 6.54 Å². The van der Waals surface area contributed by atoms with Gasteiger partial charge < -0.3 is 15.2 Å². The molecule has 1 unspecified atom stereocenters. The molecule has 136 valence electrons. The van der Waals surface area contributed by atoms with Gasteiger partial charge in [-0.1, -0.05) is 12.7 Å². The lowest BCUT2D eigenvalue weighted by Crippen LogP contribution is -2.45. The molecule has 1 saturated heterocycles. The third-order valence-corrected chi connectivity index (χ3v) is 3.87. The lowest BCUT2D eigenvalue weighted by molar-refractivity contribution is -0.122. The van der Waals surface area contributed by atoms with Crippen LogP contribution in [-0.4, -0.2) is 46.2 Å². The first kappa shape index (κ1) is 18.8. The average molecular weight is 347 g/mol. The molecule has 1 aromatic heterocycles. The Morgan fingerprint density at radius 2 is 2.12 bits per heavy atom. The van der Waals surface area contributed by atoms with Crippen LogP contribution in [0.1, 0.15) is 38.3 Å². The molecule has 0 radical (unpaired) electrons. The zero-order valence-electron chi connectivity index (χ0n) is 15.1. The summed E-state index contributed by atoms with van der Waals surface area (Å²) in [7, 11) is 0. The number of rotatable bonds is 4. The number of aromatic nitrogens is 1. The fraction of sp³-hybridized carbons (Fsp3) is 0.500. The normalized spacial score (nSPS) is 20.2. The molecule has 1 aliphatic heterocycles. The summed E-state index contributed by atoms with van der Waals surface area (Å²) >= 11 is 0. The van der Waals surface area contributed by atoms with E-state index in [1.165, 1.54) is 4.90 Å². The van der Waals surface area contributed by atoms with Gasteiger partial charge in [-0.2, -0.15) is 0 Å². The van der Waals surface area contributed by atoms with Gasteiger partial charge in [0.25, 0.3) is 0 Å². The van der Waals surface area contributed by atoms with Gasteiger partial charge in [-0.3, -0.25) is 9.69 Å². The van der Waals surface area contributed by atoms with E-state index in [1.54, 1.807) is 33.0 Å². The number of hydrogen-bond acceptors (Lipinski definition) is 5. The zero-order valence-corrected chi connectivity index (χ0v) is 15.1. The Balaban J connectivity index is 2.17. The van der Waals surface area contributed by atoms with Crippen LogP contribution in [0, 0.1) is 6.92 Å². The smallest absolute Gasteiger partial charge is 0.411 e. The van der Waals surface area contributed by atoms with Crippen molar-refractivity contribution < 1.29 is 19.1 Å². The average Bonchev–Trinajstić information content (AvgIpc) is 2.90. The van der Waals surface area contributed by atoms with E-state index in [0.29, 0.717) is 12.3 Å². The van der Waals surface area contributed by atoms with Crippen LogP contribution in [-0.2, 0) is 9.53 Å². The van der Waals surface area contributed by atoms with Gasteiger partial charge in [-0.05, 0) is 39.3 Å². The minimum Gasteiger partial charge on any atom is -0.472 e. The van der Waals surface area contributed by atoms with E-state index in [1.807, 2.05) is 13.0 Å². The summed E-state index contributed by atoms with van der Waals surface area (Å²) in [6, 6.07) is 1.09. The third-order valence-electron chi connectivity index (χ3n) is 3.87. The number of carbonyl (C=O) groups excluding carboxylic acids is 2. The minimum absolute atomic E-state index is 0.203. The molecule has 2 heterocycles. The van der Waals surface area contributed by atoms with E-state index in [0.717, 1.165) is 11.1 Å². The summed E-state index contributed by atoms with van der Waals surface area (Å²) in [5.41, 5.74) is 6.56. The molecule has 0 aliphatic carbocycles. The van der Waals surface area contributed by atoms with Crippen LogP contribution in [0.4, 0.5) is 4.79 Å². The van der Waals surface area contributed by atoms with Crippen LogP contribution in [0.2, 0.25) is 0 Å². The van der Waals surface area contributed by atoms with Gasteiger partial charge in [-0.15, -0.1) is 0 Å². The molecule has 0 saturated carbocycles. The van der Waals surface area contributed by atoms with Crippen LogP contribution in [0.15, 0.2) is 18.8 Å². The lowest BCUT2D eigenvalue weighted by atomic mass is 10.1. The van der Waals surface area contributed by atoms with Crippen molar-refractivity contribution >= 4 is 18.1 Å². The highest BCUT2D eigenvalue weighted by molar-refractivity contribution is 5.85. The number of carbonyl (C=O) groups is 2. The van der Waals surface area contributed by atoms with Gasteiger partial charge in [-0.25, -0.2) is 9.78 Å². The largest absolute Gasteiger partial charge is 0.472 e. The van der Waals surface area contributed by atoms with E-state index >= 15 is 0 Å². The monoisotopic (exact) mass is 347 g/mol. The quantitative estimate of drug-likeness (QED) is 0.901. The number of primary amides is 1. The van der Waals surface area contributed by atoms with Crippen LogP contribution >= 0.6 is 0 Å². The zero-order chi connectivity index (χ0) is 18.8. The van der Waals surface area contributed by atoms with Crippen LogP contribution in [0.25, 0.3) is 6.08 Å². The molecule has 2 atom stereocenters. The van der Waals surface area contributed by atoms with Gasteiger partial charge in [0, 0.05) is 18.2 Å². The number of amides is 2. The number of likely N-dealkylation sites (tertiary alicyclic amines) is 1. The Morgan fingerprint density at radius 3 is 2.68 bits per heavy atom. The molecule has 7 nitrogen and oxygen atoms in total. The Labute approximate surface area is 147 Å². The minimum atomic E-state index is -0.767. The van der Waals surface area contributed by atoms with Crippen molar-refractivity contribution in [2.75, 3.05) is 6.54 Å². The molecular weight excluding hydrogens is 322 g/mol. The van der Waals surface area contributed by atoms with Crippen LogP contribution < -0.4 is 10.5 Å². The fourth-order valence-electron chi connectivity index (χ4n) is 2.72. The molecule has 25 heavy (non-hydrogen) atoms. The molecule has 2 N–H and O–H groups in total. The number of pyridine rings is 1. The predicted molar refractivity (Wildman–Crippen MR) is 94.0 cm³/mol. The van der Waals surface area contributed by atoms with E-state index < -0.39 is 29.7 Å². The highest BCUT2D eigenvalue weighted by atomic mass is 16.6. The fourth-order valence-corrected chi connectivity index (χ4v) is 2.72. The summed E-state index contributed by atoms with van der Waals surface area (Å²) in [5, 5.41) is 0. The predicted octanol–water partition coefficient (Wildman–Crippen LogP) is 2.28. The maximum Gasteiger partial charge on any atom is 0.411 e. The van der Waals surface area contributed by atoms with Crippen LogP contribution in [0.3, 0.4) is 0 Å². The highest BCUT2D eigenvalue weighted by Gasteiger charge is 2.42. The van der Waals surface area contributed by atoms with E-state index in [2.05, 4.69) is 11.6 Å². The molecular formula is C18H25N3O4. The molecule has 7 heteroatoms. The Kier molecular flexibility index (Phi) is 5.35. The Hall–Kier alpha value is -2.57. The van der Waals surface area contributed by atoms with Crippen molar-refractivity contribution in [1.82, 2.24) is 9.88 Å². The lowest BCUT2D eigenvalue weighted by Gasteiger charge is -2.27. The molecule has 1 aromatic rings. The SMILES string of the molecule is C=Cc1c(C)ccnc1O[C@@H]1CC(C(N)=O)N(C(=O)OC(C)(C)C)C1. The first-order chi connectivity index (χ1) is 11.6. The van der Waals surface area contributed by atoms with Gasteiger partial charge in [0.05, 0.1) is 6.54 Å². The number of nitrogens with two attached hydrogens (primary N) is 1. The molecule has 0 bridgehead atoms. The van der Waals surface area contributed by atoms with Crippen LogP contribution in [0.5, 0.6) is 5.88 Å².